The fourth-order valence-corrected chi connectivity index (χ4v) is 2.70. The third-order valence-corrected chi connectivity index (χ3v) is 4.25. The minimum atomic E-state index is -1.04. The first-order valence-corrected chi connectivity index (χ1v) is 9.15. The number of carboxylic acid groups (broad SMARTS) is 1. The molecule has 152 valence electrons. The third-order valence-electron chi connectivity index (χ3n) is 4.25. The second-order valence-corrected chi connectivity index (χ2v) is 6.52. The summed E-state index contributed by atoms with van der Waals surface area (Å²) in [6.07, 6.45) is 0. The summed E-state index contributed by atoms with van der Waals surface area (Å²) in [5.74, 6) is -1.14. The van der Waals surface area contributed by atoms with E-state index in [1.54, 1.807) is 30.3 Å². The van der Waals surface area contributed by atoms with Gasteiger partial charge in [-0.2, -0.15) is 0 Å². The van der Waals surface area contributed by atoms with Crippen LogP contribution in [0.2, 0.25) is 0 Å². The Bertz CT molecular complexity index is 1080. The van der Waals surface area contributed by atoms with Crippen molar-refractivity contribution in [2.24, 2.45) is 0 Å². The normalized spacial score (nSPS) is 10.2. The molecule has 0 aliphatic rings. The van der Waals surface area contributed by atoms with Gasteiger partial charge in [0.05, 0.1) is 5.56 Å². The molecule has 0 spiro atoms. The molecule has 0 aromatic heterocycles. The van der Waals surface area contributed by atoms with Crippen LogP contribution in [0.4, 0.5) is 11.4 Å². The van der Waals surface area contributed by atoms with Gasteiger partial charge in [-0.15, -0.1) is 0 Å². The number of anilines is 2. The molecule has 7 nitrogen and oxygen atoms in total. The van der Waals surface area contributed by atoms with Gasteiger partial charge >= 0.3 is 5.97 Å². The highest BCUT2D eigenvalue weighted by Crippen LogP contribution is 2.17. The largest absolute Gasteiger partial charge is 0.483 e. The molecule has 3 aromatic carbocycles. The van der Waals surface area contributed by atoms with E-state index in [9.17, 15) is 14.4 Å². The van der Waals surface area contributed by atoms with E-state index in [4.69, 9.17) is 9.84 Å². The van der Waals surface area contributed by atoms with Gasteiger partial charge in [0.15, 0.2) is 6.61 Å². The highest BCUT2D eigenvalue weighted by atomic mass is 16.5. The maximum Gasteiger partial charge on any atom is 0.335 e. The number of ether oxygens (including phenoxy) is 1. The van der Waals surface area contributed by atoms with Gasteiger partial charge < -0.3 is 20.5 Å². The van der Waals surface area contributed by atoms with E-state index in [1.807, 2.05) is 25.1 Å². The molecule has 30 heavy (non-hydrogen) atoms. The van der Waals surface area contributed by atoms with Crippen LogP contribution >= 0.6 is 0 Å². The van der Waals surface area contributed by atoms with Gasteiger partial charge in [-0.05, 0) is 61.0 Å². The average molecular weight is 404 g/mol. The molecule has 0 bridgehead atoms. The summed E-state index contributed by atoms with van der Waals surface area (Å²) in [4.78, 5) is 35.5. The van der Waals surface area contributed by atoms with Crippen molar-refractivity contribution in [2.45, 2.75) is 6.92 Å². The molecule has 0 unspecified atom stereocenters. The number of carbonyl (C=O) groups is 3. The van der Waals surface area contributed by atoms with Crippen molar-refractivity contribution in [3.05, 3.63) is 89.5 Å². The predicted octanol–water partition coefficient (Wildman–Crippen LogP) is 3.96. The van der Waals surface area contributed by atoms with Crippen LogP contribution in [0.25, 0.3) is 0 Å². The van der Waals surface area contributed by atoms with Crippen molar-refractivity contribution in [3.8, 4) is 5.75 Å². The number of nitrogens with one attached hydrogen (secondary N) is 2. The number of carboxylic acids is 1. The van der Waals surface area contributed by atoms with Gasteiger partial charge in [0.2, 0.25) is 0 Å². The lowest BCUT2D eigenvalue weighted by Crippen LogP contribution is -2.21. The number of carbonyl (C=O) groups excluding carboxylic acids is 2. The van der Waals surface area contributed by atoms with Crippen LogP contribution in [0.3, 0.4) is 0 Å². The van der Waals surface area contributed by atoms with Crippen molar-refractivity contribution < 1.29 is 24.2 Å². The highest BCUT2D eigenvalue weighted by Gasteiger charge is 2.10. The smallest absolute Gasteiger partial charge is 0.335 e. The van der Waals surface area contributed by atoms with E-state index >= 15 is 0 Å². The van der Waals surface area contributed by atoms with Crippen LogP contribution in [-0.2, 0) is 4.79 Å². The molecule has 7 heteroatoms. The van der Waals surface area contributed by atoms with E-state index < -0.39 is 5.97 Å². The van der Waals surface area contributed by atoms with Crippen molar-refractivity contribution >= 4 is 29.2 Å². The van der Waals surface area contributed by atoms with E-state index in [-0.39, 0.29) is 24.0 Å². The fourth-order valence-electron chi connectivity index (χ4n) is 2.70. The lowest BCUT2D eigenvalue weighted by Gasteiger charge is -2.10. The Hall–Kier alpha value is -4.13. The Morgan fingerprint density at radius 1 is 0.833 bits per heavy atom. The number of aromatic carboxylic acids is 1. The molecular weight excluding hydrogens is 384 g/mol. The van der Waals surface area contributed by atoms with Gasteiger partial charge in [-0.25, -0.2) is 4.79 Å². The fraction of sp³-hybridized carbons (Fsp3) is 0.0870. The highest BCUT2D eigenvalue weighted by molar-refractivity contribution is 6.05. The number of para-hydroxylation sites is 1. The molecule has 0 aliphatic carbocycles. The Balaban J connectivity index is 1.59. The third kappa shape index (κ3) is 5.45. The van der Waals surface area contributed by atoms with E-state index in [2.05, 4.69) is 10.6 Å². The predicted molar refractivity (Wildman–Crippen MR) is 113 cm³/mol. The zero-order valence-electron chi connectivity index (χ0n) is 16.2. The van der Waals surface area contributed by atoms with Crippen molar-refractivity contribution in [2.75, 3.05) is 17.2 Å². The van der Waals surface area contributed by atoms with Crippen molar-refractivity contribution in [1.82, 2.24) is 0 Å². The first-order chi connectivity index (χ1) is 14.4. The maximum absolute atomic E-state index is 12.5. The molecule has 0 fully saturated rings. The topological polar surface area (TPSA) is 105 Å². The molecule has 2 amide bonds. The molecular formula is C23H20N2O5. The Labute approximate surface area is 173 Å². The summed E-state index contributed by atoms with van der Waals surface area (Å²) in [6.45, 7) is 1.74. The number of amides is 2. The van der Waals surface area contributed by atoms with Crippen LogP contribution in [-0.4, -0.2) is 29.5 Å². The molecule has 0 radical (unpaired) electrons. The van der Waals surface area contributed by atoms with Crippen molar-refractivity contribution in [1.29, 1.82) is 0 Å². The molecule has 0 aliphatic heterocycles. The lowest BCUT2D eigenvalue weighted by molar-refractivity contribution is -0.118. The molecule has 0 saturated carbocycles. The molecule has 0 heterocycles. The van der Waals surface area contributed by atoms with Crippen LogP contribution in [0.1, 0.15) is 26.3 Å². The second-order valence-electron chi connectivity index (χ2n) is 6.52. The zero-order chi connectivity index (χ0) is 21.5. The summed E-state index contributed by atoms with van der Waals surface area (Å²) >= 11 is 0. The van der Waals surface area contributed by atoms with Crippen LogP contribution in [0.15, 0.2) is 72.8 Å². The van der Waals surface area contributed by atoms with Gasteiger partial charge in [-0.3, -0.25) is 9.59 Å². The number of rotatable bonds is 7. The van der Waals surface area contributed by atoms with Gasteiger partial charge in [0.1, 0.15) is 5.75 Å². The van der Waals surface area contributed by atoms with Gasteiger partial charge in [0, 0.05) is 16.9 Å². The Morgan fingerprint density at radius 3 is 2.27 bits per heavy atom. The van der Waals surface area contributed by atoms with Gasteiger partial charge in [-0.1, -0.05) is 24.3 Å². The van der Waals surface area contributed by atoms with Crippen LogP contribution in [0, 0.1) is 6.92 Å². The summed E-state index contributed by atoms with van der Waals surface area (Å²) in [5, 5.41) is 14.3. The summed E-state index contributed by atoms with van der Waals surface area (Å²) in [7, 11) is 0. The van der Waals surface area contributed by atoms with E-state index in [0.29, 0.717) is 22.7 Å². The second kappa shape index (κ2) is 9.38. The first-order valence-electron chi connectivity index (χ1n) is 9.15. The quantitative estimate of drug-likeness (QED) is 0.553. The molecule has 0 atom stereocenters. The van der Waals surface area contributed by atoms with E-state index in [1.165, 1.54) is 24.3 Å². The number of hydrogen-bond acceptors (Lipinski definition) is 4. The summed E-state index contributed by atoms with van der Waals surface area (Å²) < 4.78 is 5.52. The van der Waals surface area contributed by atoms with Crippen LogP contribution in [0.5, 0.6) is 5.75 Å². The average Bonchev–Trinajstić information content (AvgIpc) is 2.74. The summed E-state index contributed by atoms with van der Waals surface area (Å²) in [5.41, 5.74) is 2.33. The minimum absolute atomic E-state index is 0.130. The SMILES string of the molecule is Cc1ccccc1OCC(=O)Nc1cccc(C(=O)Nc2ccc(C(=O)O)cc2)c1. The zero-order valence-corrected chi connectivity index (χ0v) is 16.2. The molecule has 3 aromatic rings. The maximum atomic E-state index is 12.5. The summed E-state index contributed by atoms with van der Waals surface area (Å²) in [6, 6.07) is 19.7. The Kier molecular flexibility index (Phi) is 6.44. The lowest BCUT2D eigenvalue weighted by atomic mass is 10.1. The first kappa shape index (κ1) is 20.6. The number of benzene rings is 3. The molecule has 3 rings (SSSR count). The van der Waals surface area contributed by atoms with Crippen molar-refractivity contribution in [3.63, 3.8) is 0 Å². The van der Waals surface area contributed by atoms with Gasteiger partial charge in [0.25, 0.3) is 11.8 Å². The number of aryl methyl sites for hydroxylation is 1. The monoisotopic (exact) mass is 404 g/mol. The molecule has 0 saturated heterocycles. The van der Waals surface area contributed by atoms with E-state index in [0.717, 1.165) is 5.56 Å². The standard InChI is InChI=1S/C23H20N2O5/c1-15-5-2-3-8-20(15)30-14-21(26)24-19-7-4-6-17(13-19)22(27)25-18-11-9-16(10-12-18)23(28)29/h2-13H,14H2,1H3,(H,24,26)(H,25,27)(H,28,29). The minimum Gasteiger partial charge on any atom is -0.483 e. The Morgan fingerprint density at radius 2 is 1.57 bits per heavy atom. The molecule has 3 N–H and O–H groups in total. The number of hydrogen-bond donors (Lipinski definition) is 3. The van der Waals surface area contributed by atoms with Crippen LogP contribution < -0.4 is 15.4 Å².